The minimum atomic E-state index is -4.72. The Kier molecular flexibility index (Phi) is 11.4. The molecule has 0 atom stereocenters. The van der Waals surface area contributed by atoms with Crippen molar-refractivity contribution in [3.05, 3.63) is 107 Å². The fourth-order valence-electron chi connectivity index (χ4n) is 4.24. The molecule has 4 rings (SSSR count). The van der Waals surface area contributed by atoms with Crippen LogP contribution in [0.15, 0.2) is 95.1 Å². The van der Waals surface area contributed by atoms with Crippen molar-refractivity contribution in [1.29, 1.82) is 0 Å². The third-order valence-corrected chi connectivity index (χ3v) is 8.03. The van der Waals surface area contributed by atoms with Crippen molar-refractivity contribution in [1.82, 2.24) is 19.5 Å². The first-order valence-electron chi connectivity index (χ1n) is 14.5. The van der Waals surface area contributed by atoms with Crippen LogP contribution >= 0.6 is 0 Å². The van der Waals surface area contributed by atoms with Gasteiger partial charge in [-0.1, -0.05) is 48.0 Å². The summed E-state index contributed by atoms with van der Waals surface area (Å²) in [6, 6.07) is 19.9. The first kappa shape index (κ1) is 36.2. The molecule has 0 bridgehead atoms. The Bertz CT molecular complexity index is 1880. The highest BCUT2D eigenvalue weighted by molar-refractivity contribution is 7.90. The van der Waals surface area contributed by atoms with Crippen LogP contribution in [0.4, 0.5) is 18.0 Å². The number of nitrogens with zero attached hydrogens (tertiary/aromatic N) is 5. The summed E-state index contributed by atoms with van der Waals surface area (Å²) in [6.45, 7) is 3.75. The maximum atomic E-state index is 13.5. The van der Waals surface area contributed by atoms with Crippen molar-refractivity contribution in [2.24, 2.45) is 5.28 Å². The lowest BCUT2D eigenvalue weighted by Gasteiger charge is -2.21. The Labute approximate surface area is 278 Å². The molecule has 4 aromatic rings. The van der Waals surface area contributed by atoms with Gasteiger partial charge < -0.3 is 19.5 Å². The molecule has 0 unspecified atom stereocenters. The molecule has 0 saturated carbocycles. The van der Waals surface area contributed by atoms with Crippen LogP contribution in [0.3, 0.4) is 0 Å². The zero-order valence-corrected chi connectivity index (χ0v) is 27.1. The molecule has 14 nitrogen and oxygen atoms in total. The molecule has 1 N–H and O–H groups in total. The van der Waals surface area contributed by atoms with E-state index in [0.717, 1.165) is 33.5 Å². The second kappa shape index (κ2) is 15.5. The maximum absolute atomic E-state index is 13.5. The van der Waals surface area contributed by atoms with Crippen LogP contribution in [-0.2, 0) is 30.5 Å². The average Bonchev–Trinajstić information content (AvgIpc) is 3.52. The highest BCUT2D eigenvalue weighted by atomic mass is 32.2. The third-order valence-electron chi connectivity index (χ3n) is 6.71. The Morgan fingerprint density at radius 3 is 2.29 bits per heavy atom. The molecular weight excluding hydrogens is 673 g/mol. The lowest BCUT2D eigenvalue weighted by molar-refractivity contribution is -0.718. The maximum Gasteiger partial charge on any atom is 0.435 e. The summed E-state index contributed by atoms with van der Waals surface area (Å²) in [4.78, 5) is 28.7. The SMILES string of the molecule is Cc1ccc(-c2cc(C(F)(F)F)nn2-c2ccc(S(=O)(=O)NC(=O)OCCN(C(C)C)[N+]([O-])=NOCOC(=O)c3ccccc3)cc2)cc1. The summed E-state index contributed by atoms with van der Waals surface area (Å²) >= 11 is 0. The number of aryl methyl sites for hydroxylation is 1. The standard InChI is InChI=1S/C31H31F3N6O8S/c1-21(2)38(40(43)37-48-20-47-29(41)24-7-5-4-6-8-24)17-18-46-30(42)36-49(44,45)26-15-13-25(14-16-26)39-27(19-28(35-39)31(32,33)34)23-11-9-22(3)10-12-23/h4-16,19,21H,17-18,20H2,1-3H3,(H,36,42). The van der Waals surface area contributed by atoms with Crippen LogP contribution in [-0.4, -0.2) is 66.2 Å². The van der Waals surface area contributed by atoms with E-state index in [9.17, 15) is 36.4 Å². The van der Waals surface area contributed by atoms with Crippen molar-refractivity contribution >= 4 is 22.1 Å². The average molecular weight is 705 g/mol. The Morgan fingerprint density at radius 1 is 1.02 bits per heavy atom. The smallest absolute Gasteiger partial charge is 0.435 e. The number of rotatable bonds is 13. The monoisotopic (exact) mass is 704 g/mol. The Hall–Kier alpha value is -5.65. The van der Waals surface area contributed by atoms with Crippen LogP contribution in [0.1, 0.15) is 35.5 Å². The largest absolute Gasteiger partial charge is 0.569 e. The molecule has 0 saturated heterocycles. The van der Waals surface area contributed by atoms with Gasteiger partial charge in [-0.3, -0.25) is 0 Å². The predicted octanol–water partition coefficient (Wildman–Crippen LogP) is 5.62. The van der Waals surface area contributed by atoms with E-state index in [2.05, 4.69) is 10.4 Å². The number of hydrogen-bond donors (Lipinski definition) is 1. The number of ether oxygens (including phenoxy) is 2. The highest BCUT2D eigenvalue weighted by Gasteiger charge is 2.35. The number of hydrazine groups is 1. The van der Waals surface area contributed by atoms with Gasteiger partial charge >= 0.3 is 18.2 Å². The molecule has 0 radical (unpaired) electrons. The van der Waals surface area contributed by atoms with E-state index in [4.69, 9.17) is 14.3 Å². The molecular formula is C31H31F3N6O8S. The zero-order valence-electron chi connectivity index (χ0n) is 26.3. The van der Waals surface area contributed by atoms with Crippen molar-refractivity contribution in [2.75, 3.05) is 19.9 Å². The van der Waals surface area contributed by atoms with E-state index in [0.29, 0.717) is 5.56 Å². The number of nitrogens with one attached hydrogen (secondary N) is 1. The summed E-state index contributed by atoms with van der Waals surface area (Å²) in [6.07, 6.45) is -6.08. The summed E-state index contributed by atoms with van der Waals surface area (Å²) in [5.41, 5.74) is 0.752. The van der Waals surface area contributed by atoms with Gasteiger partial charge in [-0.25, -0.2) is 27.4 Å². The van der Waals surface area contributed by atoms with E-state index < -0.39 is 53.4 Å². The molecule has 3 aromatic carbocycles. The lowest BCUT2D eigenvalue weighted by atomic mass is 10.1. The summed E-state index contributed by atoms with van der Waals surface area (Å²) in [5.74, 6) is -0.691. The van der Waals surface area contributed by atoms with Crippen molar-refractivity contribution < 1.29 is 50.5 Å². The van der Waals surface area contributed by atoms with Gasteiger partial charge in [-0.05, 0) is 63.2 Å². The van der Waals surface area contributed by atoms with Gasteiger partial charge in [0.1, 0.15) is 13.2 Å². The molecule has 0 aliphatic rings. The second-order valence-electron chi connectivity index (χ2n) is 10.6. The van der Waals surface area contributed by atoms with Crippen molar-refractivity contribution in [3.63, 3.8) is 0 Å². The lowest BCUT2D eigenvalue weighted by Crippen LogP contribution is -2.40. The Balaban J connectivity index is 1.34. The first-order chi connectivity index (χ1) is 23.2. The van der Waals surface area contributed by atoms with Crippen molar-refractivity contribution in [2.45, 2.75) is 37.9 Å². The Morgan fingerprint density at radius 2 is 1.67 bits per heavy atom. The van der Waals surface area contributed by atoms with Crippen LogP contribution in [0.5, 0.6) is 0 Å². The van der Waals surface area contributed by atoms with E-state index in [1.807, 2.05) is 6.92 Å². The normalized spacial score (nSPS) is 12.0. The van der Waals surface area contributed by atoms with Gasteiger partial charge in [-0.2, -0.15) is 18.3 Å². The van der Waals surface area contributed by atoms with Gasteiger partial charge in [-0.15, -0.1) is 5.01 Å². The predicted molar refractivity (Wildman–Crippen MR) is 166 cm³/mol. The molecule has 1 heterocycles. The summed E-state index contributed by atoms with van der Waals surface area (Å²) < 4.78 is 78.8. The van der Waals surface area contributed by atoms with Gasteiger partial charge in [0.15, 0.2) is 5.69 Å². The first-order valence-corrected chi connectivity index (χ1v) is 16.0. The highest BCUT2D eigenvalue weighted by Crippen LogP contribution is 2.33. The molecule has 1 amide bonds. The number of esters is 1. The number of amides is 1. The van der Waals surface area contributed by atoms with E-state index in [-0.39, 0.29) is 33.4 Å². The van der Waals surface area contributed by atoms with Crippen LogP contribution in [0.2, 0.25) is 0 Å². The molecule has 0 aliphatic heterocycles. The number of aromatic nitrogens is 2. The number of halogens is 3. The zero-order chi connectivity index (χ0) is 35.8. The number of hydrogen-bond acceptors (Lipinski definition) is 10. The molecule has 0 aliphatic carbocycles. The van der Waals surface area contributed by atoms with Gasteiger partial charge in [0.25, 0.3) is 16.8 Å². The molecule has 0 spiro atoms. The number of sulfonamides is 1. The number of alkyl halides is 3. The second-order valence-corrected chi connectivity index (χ2v) is 12.2. The molecule has 0 fully saturated rings. The fraction of sp³-hybridized carbons (Fsp3) is 0.258. The summed E-state index contributed by atoms with van der Waals surface area (Å²) in [7, 11) is -4.47. The number of benzene rings is 3. The van der Waals surface area contributed by atoms with Gasteiger partial charge in [0.05, 0.1) is 32.9 Å². The summed E-state index contributed by atoms with van der Waals surface area (Å²) in [5, 5.41) is 20.4. The van der Waals surface area contributed by atoms with Gasteiger partial charge in [0, 0.05) is 5.56 Å². The van der Waals surface area contributed by atoms with Crippen LogP contribution < -0.4 is 4.72 Å². The number of carbonyl (C=O) groups excluding carboxylic acids is 2. The quantitative estimate of drug-likeness (QED) is 0.0461. The van der Waals surface area contributed by atoms with Crippen LogP contribution in [0, 0.1) is 12.1 Å². The fourth-order valence-corrected chi connectivity index (χ4v) is 5.13. The molecule has 260 valence electrons. The molecule has 1 aromatic heterocycles. The third kappa shape index (κ3) is 9.69. The van der Waals surface area contributed by atoms with E-state index in [1.165, 1.54) is 24.3 Å². The van der Waals surface area contributed by atoms with Crippen molar-refractivity contribution in [3.8, 4) is 16.9 Å². The van der Waals surface area contributed by atoms with Gasteiger partial charge in [0.2, 0.25) is 5.28 Å². The molecule has 18 heteroatoms. The van der Waals surface area contributed by atoms with E-state index >= 15 is 0 Å². The minimum absolute atomic E-state index is 0.0576. The minimum Gasteiger partial charge on any atom is -0.569 e. The van der Waals surface area contributed by atoms with Crippen LogP contribution in [0.25, 0.3) is 16.9 Å². The topological polar surface area (TPSA) is 167 Å². The number of carbonyl (C=O) groups is 2. The molecule has 49 heavy (non-hydrogen) atoms. The van der Waals surface area contributed by atoms with E-state index in [1.54, 1.807) is 61.0 Å².